The predicted molar refractivity (Wildman–Crippen MR) is 55.7 cm³/mol. The summed E-state index contributed by atoms with van der Waals surface area (Å²) < 4.78 is 10.2. The normalized spacial score (nSPS) is 12.2. The van der Waals surface area contributed by atoms with Crippen LogP contribution in [0.1, 0.15) is 23.1 Å². The highest BCUT2D eigenvalue weighted by atomic mass is 16.5. The first-order chi connectivity index (χ1) is 7.52. The number of rotatable bonds is 5. The molecule has 1 rings (SSSR count). The number of ether oxygens (including phenoxy) is 2. The average Bonchev–Trinajstić information content (AvgIpc) is 2.16. The van der Waals surface area contributed by atoms with E-state index in [2.05, 4.69) is 9.97 Å². The molecule has 0 bridgehead atoms. The molecule has 6 heteroatoms. The third kappa shape index (κ3) is 3.47. The fraction of sp³-hybridized carbons (Fsp3) is 0.500. The molecule has 1 unspecified atom stereocenters. The van der Waals surface area contributed by atoms with Gasteiger partial charge in [-0.15, -0.1) is 0 Å². The second-order valence-corrected chi connectivity index (χ2v) is 3.37. The Balaban J connectivity index is 2.84. The number of carboxylic acid groups (broad SMARTS) is 1. The molecular formula is C10H14N2O4. The van der Waals surface area contributed by atoms with Crippen molar-refractivity contribution >= 4 is 5.97 Å². The van der Waals surface area contributed by atoms with Gasteiger partial charge in [0.1, 0.15) is 6.10 Å². The molecule has 6 nitrogen and oxygen atoms in total. The predicted octanol–water partition coefficient (Wildman–Crippen LogP) is 0.897. The van der Waals surface area contributed by atoms with Crippen LogP contribution >= 0.6 is 0 Å². The topological polar surface area (TPSA) is 81.5 Å². The van der Waals surface area contributed by atoms with Crippen LogP contribution in [-0.4, -0.2) is 40.9 Å². The van der Waals surface area contributed by atoms with Crippen molar-refractivity contribution in [2.45, 2.75) is 20.0 Å². The van der Waals surface area contributed by atoms with Gasteiger partial charge in [0.05, 0.1) is 6.61 Å². The minimum absolute atomic E-state index is 0.0574. The van der Waals surface area contributed by atoms with Gasteiger partial charge in [0.2, 0.25) is 0 Å². The summed E-state index contributed by atoms with van der Waals surface area (Å²) in [6, 6.07) is 1.44. The zero-order chi connectivity index (χ0) is 12.1. The molecule has 1 aromatic heterocycles. The zero-order valence-electron chi connectivity index (χ0n) is 9.43. The molecule has 1 aromatic rings. The lowest BCUT2D eigenvalue weighted by atomic mass is 10.3. The molecule has 16 heavy (non-hydrogen) atoms. The van der Waals surface area contributed by atoms with Crippen LogP contribution in [0.4, 0.5) is 0 Å². The average molecular weight is 226 g/mol. The number of nitrogens with zero attached hydrogens (tertiary/aromatic N) is 2. The molecule has 0 saturated carbocycles. The van der Waals surface area contributed by atoms with Crippen LogP contribution in [0.15, 0.2) is 6.07 Å². The monoisotopic (exact) mass is 226 g/mol. The summed E-state index contributed by atoms with van der Waals surface area (Å²) in [5, 5.41) is 8.80. The van der Waals surface area contributed by atoms with Gasteiger partial charge in [-0.2, -0.15) is 4.98 Å². The van der Waals surface area contributed by atoms with Crippen molar-refractivity contribution in [2.75, 3.05) is 13.7 Å². The van der Waals surface area contributed by atoms with E-state index >= 15 is 0 Å². The van der Waals surface area contributed by atoms with E-state index in [1.165, 1.54) is 6.07 Å². The van der Waals surface area contributed by atoms with E-state index in [4.69, 9.17) is 14.6 Å². The van der Waals surface area contributed by atoms with Crippen molar-refractivity contribution in [2.24, 2.45) is 0 Å². The third-order valence-electron chi connectivity index (χ3n) is 1.76. The second-order valence-electron chi connectivity index (χ2n) is 3.37. The van der Waals surface area contributed by atoms with Crippen molar-refractivity contribution in [1.82, 2.24) is 9.97 Å². The van der Waals surface area contributed by atoms with Gasteiger partial charge in [0.25, 0.3) is 0 Å². The van der Waals surface area contributed by atoms with Crippen LogP contribution in [0.3, 0.4) is 0 Å². The van der Waals surface area contributed by atoms with Crippen molar-refractivity contribution < 1.29 is 19.4 Å². The van der Waals surface area contributed by atoms with Gasteiger partial charge in [-0.1, -0.05) is 0 Å². The molecule has 0 aliphatic carbocycles. The Hall–Kier alpha value is -1.69. The number of aromatic carboxylic acids is 1. The Morgan fingerprint density at radius 3 is 2.81 bits per heavy atom. The Labute approximate surface area is 93.2 Å². The van der Waals surface area contributed by atoms with Crippen molar-refractivity contribution in [3.8, 4) is 6.01 Å². The Kier molecular flexibility index (Phi) is 4.19. The fourth-order valence-corrected chi connectivity index (χ4v) is 1.15. The zero-order valence-corrected chi connectivity index (χ0v) is 9.43. The largest absolute Gasteiger partial charge is 0.477 e. The van der Waals surface area contributed by atoms with E-state index in [9.17, 15) is 4.79 Å². The molecule has 0 aromatic carbocycles. The fourth-order valence-electron chi connectivity index (χ4n) is 1.15. The van der Waals surface area contributed by atoms with Crippen LogP contribution in [0.5, 0.6) is 6.01 Å². The van der Waals surface area contributed by atoms with Crippen LogP contribution in [0.2, 0.25) is 0 Å². The highest BCUT2D eigenvalue weighted by molar-refractivity contribution is 5.85. The lowest BCUT2D eigenvalue weighted by Crippen LogP contribution is -2.20. The van der Waals surface area contributed by atoms with Gasteiger partial charge >= 0.3 is 12.0 Å². The number of aryl methyl sites for hydroxylation is 1. The molecule has 0 amide bonds. The second kappa shape index (κ2) is 5.41. The van der Waals surface area contributed by atoms with Crippen LogP contribution in [0, 0.1) is 6.92 Å². The highest BCUT2D eigenvalue weighted by Crippen LogP contribution is 2.09. The summed E-state index contributed by atoms with van der Waals surface area (Å²) >= 11 is 0. The highest BCUT2D eigenvalue weighted by Gasteiger charge is 2.11. The number of hydrogen-bond donors (Lipinski definition) is 1. The molecule has 0 saturated heterocycles. The minimum atomic E-state index is -1.10. The number of aromatic nitrogens is 2. The van der Waals surface area contributed by atoms with Gasteiger partial charge in [0.15, 0.2) is 5.69 Å². The summed E-state index contributed by atoms with van der Waals surface area (Å²) in [6.45, 7) is 3.86. The van der Waals surface area contributed by atoms with Gasteiger partial charge in [0, 0.05) is 12.8 Å². The molecule has 1 heterocycles. The first-order valence-electron chi connectivity index (χ1n) is 4.77. The quantitative estimate of drug-likeness (QED) is 0.803. The minimum Gasteiger partial charge on any atom is -0.477 e. The van der Waals surface area contributed by atoms with Crippen molar-refractivity contribution in [3.63, 3.8) is 0 Å². The summed E-state index contributed by atoms with van der Waals surface area (Å²) in [5.41, 5.74) is 0.471. The Morgan fingerprint density at radius 2 is 2.25 bits per heavy atom. The van der Waals surface area contributed by atoms with Crippen molar-refractivity contribution in [1.29, 1.82) is 0 Å². The molecule has 0 fully saturated rings. The maximum atomic E-state index is 10.7. The summed E-state index contributed by atoms with van der Waals surface area (Å²) in [4.78, 5) is 18.5. The maximum Gasteiger partial charge on any atom is 0.354 e. The first-order valence-corrected chi connectivity index (χ1v) is 4.77. The SMILES string of the molecule is COCC(C)Oc1nc(C)cc(C(=O)O)n1. The number of carboxylic acids is 1. The molecule has 0 aliphatic heterocycles. The van der Waals surface area contributed by atoms with Crippen molar-refractivity contribution in [3.05, 3.63) is 17.5 Å². The van der Waals surface area contributed by atoms with Gasteiger partial charge in [-0.3, -0.25) is 0 Å². The van der Waals surface area contributed by atoms with E-state index in [-0.39, 0.29) is 17.8 Å². The molecule has 0 aliphatic rings. The molecule has 1 atom stereocenters. The van der Waals surface area contributed by atoms with E-state index in [1.54, 1.807) is 21.0 Å². The molecule has 0 spiro atoms. The number of hydrogen-bond acceptors (Lipinski definition) is 5. The van der Waals surface area contributed by atoms with E-state index in [0.717, 1.165) is 0 Å². The lowest BCUT2D eigenvalue weighted by Gasteiger charge is -2.12. The van der Waals surface area contributed by atoms with Gasteiger partial charge < -0.3 is 14.6 Å². The summed E-state index contributed by atoms with van der Waals surface area (Å²) in [7, 11) is 1.56. The van der Waals surface area contributed by atoms with E-state index in [1.807, 2.05) is 0 Å². The smallest absolute Gasteiger partial charge is 0.354 e. The van der Waals surface area contributed by atoms with Crippen LogP contribution in [0.25, 0.3) is 0 Å². The molecule has 88 valence electrons. The van der Waals surface area contributed by atoms with E-state index in [0.29, 0.717) is 12.3 Å². The molecule has 1 N–H and O–H groups in total. The van der Waals surface area contributed by atoms with E-state index < -0.39 is 5.97 Å². The van der Waals surface area contributed by atoms with Crippen LogP contribution in [-0.2, 0) is 4.74 Å². The molecular weight excluding hydrogens is 212 g/mol. The van der Waals surface area contributed by atoms with Gasteiger partial charge in [-0.25, -0.2) is 9.78 Å². The third-order valence-corrected chi connectivity index (χ3v) is 1.76. The standard InChI is InChI=1S/C10H14N2O4/c1-6-4-8(9(13)14)12-10(11-6)16-7(2)5-15-3/h4,7H,5H2,1-3H3,(H,13,14). The lowest BCUT2D eigenvalue weighted by molar-refractivity contribution is 0.0680. The molecule has 0 radical (unpaired) electrons. The Morgan fingerprint density at radius 1 is 1.56 bits per heavy atom. The maximum absolute atomic E-state index is 10.7. The Bertz CT molecular complexity index is 381. The summed E-state index contributed by atoms with van der Waals surface area (Å²) in [6.07, 6.45) is -0.228. The van der Waals surface area contributed by atoms with Gasteiger partial charge in [-0.05, 0) is 19.9 Å². The number of carbonyl (C=O) groups is 1. The van der Waals surface area contributed by atoms with Crippen LogP contribution < -0.4 is 4.74 Å². The first kappa shape index (κ1) is 12.4. The number of methoxy groups -OCH3 is 1. The summed E-state index contributed by atoms with van der Waals surface area (Å²) in [5.74, 6) is -1.10.